The number of rotatable bonds is 5. The van der Waals surface area contributed by atoms with Crippen molar-refractivity contribution >= 4 is 17.6 Å². The van der Waals surface area contributed by atoms with Crippen LogP contribution in [0.5, 0.6) is 0 Å². The van der Waals surface area contributed by atoms with Crippen molar-refractivity contribution in [1.29, 1.82) is 0 Å². The van der Waals surface area contributed by atoms with Crippen molar-refractivity contribution in [3.8, 4) is 0 Å². The van der Waals surface area contributed by atoms with Crippen molar-refractivity contribution in [1.82, 2.24) is 10.3 Å². The molecule has 0 aliphatic heterocycles. The molecule has 1 rings (SSSR count). The van der Waals surface area contributed by atoms with Crippen molar-refractivity contribution in [3.63, 3.8) is 0 Å². The first kappa shape index (κ1) is 13.9. The number of carbonyl (C=O) groups excluding carboxylic acids is 1. The van der Waals surface area contributed by atoms with Crippen LogP contribution >= 0.6 is 0 Å². The summed E-state index contributed by atoms with van der Waals surface area (Å²) in [6.45, 7) is 1.15. The number of carboxylic acid groups (broad SMARTS) is 1. The van der Waals surface area contributed by atoms with Gasteiger partial charge in [-0.1, -0.05) is 0 Å². The van der Waals surface area contributed by atoms with Gasteiger partial charge >= 0.3 is 5.97 Å². The molecule has 0 saturated carbocycles. The summed E-state index contributed by atoms with van der Waals surface area (Å²) in [6.07, 6.45) is 0.882. The molecule has 1 amide bonds. The molecule has 0 aliphatic carbocycles. The van der Waals surface area contributed by atoms with Crippen molar-refractivity contribution in [2.75, 3.05) is 12.3 Å². The molecule has 98 valence electrons. The van der Waals surface area contributed by atoms with Crippen molar-refractivity contribution < 1.29 is 19.8 Å². The van der Waals surface area contributed by atoms with E-state index in [1.165, 1.54) is 25.3 Å². The highest BCUT2D eigenvalue weighted by molar-refractivity contribution is 5.92. The number of amides is 1. The van der Waals surface area contributed by atoms with Gasteiger partial charge < -0.3 is 21.3 Å². The zero-order chi connectivity index (χ0) is 13.8. The molecular weight excluding hydrogens is 238 g/mol. The number of nitrogens with two attached hydrogens (primary N) is 1. The number of aliphatic hydroxyl groups is 1. The number of hydrogen-bond acceptors (Lipinski definition) is 5. The molecule has 7 heteroatoms. The smallest absolute Gasteiger partial charge is 0.306 e. The van der Waals surface area contributed by atoms with Crippen molar-refractivity contribution in [3.05, 3.63) is 24.0 Å². The molecule has 0 spiro atoms. The Hall–Kier alpha value is -2.15. The molecule has 1 atom stereocenters. The van der Waals surface area contributed by atoms with E-state index in [1.54, 1.807) is 0 Å². The predicted octanol–water partition coefficient (Wildman–Crippen LogP) is -0.381. The third-order valence-electron chi connectivity index (χ3n) is 2.18. The number of pyridine rings is 1. The van der Waals surface area contributed by atoms with Crippen molar-refractivity contribution in [2.45, 2.75) is 18.9 Å². The summed E-state index contributed by atoms with van der Waals surface area (Å²) < 4.78 is 0. The minimum absolute atomic E-state index is 0.148. The van der Waals surface area contributed by atoms with Crippen LogP contribution in [0.15, 0.2) is 18.3 Å². The topological polar surface area (TPSA) is 126 Å². The van der Waals surface area contributed by atoms with Gasteiger partial charge in [0, 0.05) is 6.54 Å². The van der Waals surface area contributed by atoms with Gasteiger partial charge in [-0.25, -0.2) is 4.98 Å². The summed E-state index contributed by atoms with van der Waals surface area (Å²) in [5, 5.41) is 20.7. The van der Waals surface area contributed by atoms with Gasteiger partial charge in [-0.2, -0.15) is 0 Å². The first-order chi connectivity index (χ1) is 8.30. The van der Waals surface area contributed by atoms with Gasteiger partial charge in [0.05, 0.1) is 23.9 Å². The molecule has 0 aliphatic rings. The highest BCUT2D eigenvalue weighted by Crippen LogP contribution is 2.08. The summed E-state index contributed by atoms with van der Waals surface area (Å²) in [6, 6.07) is 2.97. The van der Waals surface area contributed by atoms with E-state index in [2.05, 4.69) is 10.3 Å². The molecule has 0 bridgehead atoms. The minimum Gasteiger partial charge on any atom is -0.481 e. The molecular formula is C11H15N3O4. The number of carbonyl (C=O) groups is 2. The number of aliphatic carboxylic acids is 1. The largest absolute Gasteiger partial charge is 0.481 e. The highest BCUT2D eigenvalue weighted by atomic mass is 16.4. The van der Waals surface area contributed by atoms with Crippen LogP contribution in [0.2, 0.25) is 0 Å². The molecule has 0 aromatic carbocycles. The summed E-state index contributed by atoms with van der Waals surface area (Å²) in [5.41, 5.74) is 4.50. The first-order valence-corrected chi connectivity index (χ1v) is 5.24. The zero-order valence-electron chi connectivity index (χ0n) is 9.88. The van der Waals surface area contributed by atoms with Crippen LogP contribution in [0.4, 0.5) is 5.69 Å². The number of anilines is 1. The van der Waals surface area contributed by atoms with Gasteiger partial charge in [0.25, 0.3) is 5.91 Å². The van der Waals surface area contributed by atoms with Crippen LogP contribution in [0.3, 0.4) is 0 Å². The van der Waals surface area contributed by atoms with Gasteiger partial charge in [0.1, 0.15) is 5.69 Å². The third-order valence-corrected chi connectivity index (χ3v) is 2.18. The lowest BCUT2D eigenvalue weighted by Gasteiger charge is -2.21. The average molecular weight is 253 g/mol. The number of nitrogen functional groups attached to an aromatic ring is 1. The van der Waals surface area contributed by atoms with Crippen LogP contribution in [0.1, 0.15) is 23.8 Å². The second-order valence-corrected chi connectivity index (χ2v) is 4.23. The lowest BCUT2D eigenvalue weighted by Crippen LogP contribution is -2.42. The van der Waals surface area contributed by atoms with E-state index in [9.17, 15) is 14.7 Å². The Labute approximate surface area is 104 Å². The maximum absolute atomic E-state index is 11.6. The van der Waals surface area contributed by atoms with Gasteiger partial charge in [-0.3, -0.25) is 9.59 Å². The number of nitrogens with zero attached hydrogens (tertiary/aromatic N) is 1. The average Bonchev–Trinajstić information content (AvgIpc) is 2.25. The fraction of sp³-hybridized carbons (Fsp3) is 0.364. The molecule has 1 aromatic heterocycles. The first-order valence-electron chi connectivity index (χ1n) is 5.24. The molecule has 0 fully saturated rings. The van der Waals surface area contributed by atoms with E-state index in [0.29, 0.717) is 5.69 Å². The van der Waals surface area contributed by atoms with Gasteiger partial charge in [0.15, 0.2) is 0 Å². The van der Waals surface area contributed by atoms with Gasteiger partial charge in [-0.15, -0.1) is 0 Å². The predicted molar refractivity (Wildman–Crippen MR) is 63.9 cm³/mol. The Bertz CT molecular complexity index is 442. The Kier molecular flexibility index (Phi) is 4.22. The fourth-order valence-corrected chi connectivity index (χ4v) is 1.29. The SMILES string of the molecule is CC(O)(CNC(=O)c1ccc(N)cn1)CC(=O)O. The lowest BCUT2D eigenvalue weighted by atomic mass is 10.0. The molecule has 5 N–H and O–H groups in total. The number of hydrogen-bond donors (Lipinski definition) is 4. The summed E-state index contributed by atoms with van der Waals surface area (Å²) >= 11 is 0. The normalized spacial score (nSPS) is 13.7. The maximum Gasteiger partial charge on any atom is 0.306 e. The second kappa shape index (κ2) is 5.46. The van der Waals surface area contributed by atoms with E-state index in [-0.39, 0.29) is 12.2 Å². The molecule has 1 aromatic rings. The Morgan fingerprint density at radius 1 is 1.50 bits per heavy atom. The number of nitrogens with one attached hydrogen (secondary N) is 1. The quantitative estimate of drug-likeness (QED) is 0.566. The van der Waals surface area contributed by atoms with E-state index in [4.69, 9.17) is 10.8 Å². The standard InChI is InChI=1S/C11H15N3O4/c1-11(18,4-9(15)16)6-14-10(17)8-3-2-7(12)5-13-8/h2-3,5,18H,4,6,12H2,1H3,(H,14,17)(H,15,16). The second-order valence-electron chi connectivity index (χ2n) is 4.23. The van der Waals surface area contributed by atoms with Crippen LogP contribution < -0.4 is 11.1 Å². The van der Waals surface area contributed by atoms with E-state index < -0.39 is 23.9 Å². The Balaban J connectivity index is 2.55. The molecule has 1 heterocycles. The third kappa shape index (κ3) is 4.38. The summed E-state index contributed by atoms with van der Waals surface area (Å²) in [5.74, 6) is -1.64. The van der Waals surface area contributed by atoms with Gasteiger partial charge in [0.2, 0.25) is 0 Å². The monoisotopic (exact) mass is 253 g/mol. The van der Waals surface area contributed by atoms with Crippen molar-refractivity contribution in [2.24, 2.45) is 0 Å². The van der Waals surface area contributed by atoms with Gasteiger partial charge in [-0.05, 0) is 19.1 Å². The fourth-order valence-electron chi connectivity index (χ4n) is 1.29. The molecule has 0 radical (unpaired) electrons. The maximum atomic E-state index is 11.6. The van der Waals surface area contributed by atoms with Crippen LogP contribution in [-0.4, -0.2) is 39.2 Å². The summed E-state index contributed by atoms with van der Waals surface area (Å²) in [4.78, 5) is 25.9. The highest BCUT2D eigenvalue weighted by Gasteiger charge is 2.25. The Morgan fingerprint density at radius 3 is 2.67 bits per heavy atom. The zero-order valence-corrected chi connectivity index (χ0v) is 9.88. The molecule has 1 unspecified atom stereocenters. The number of aromatic nitrogens is 1. The Morgan fingerprint density at radius 2 is 2.17 bits per heavy atom. The van der Waals surface area contributed by atoms with Crippen LogP contribution in [0.25, 0.3) is 0 Å². The van der Waals surface area contributed by atoms with E-state index in [0.717, 1.165) is 0 Å². The minimum atomic E-state index is -1.50. The van der Waals surface area contributed by atoms with E-state index in [1.807, 2.05) is 0 Å². The summed E-state index contributed by atoms with van der Waals surface area (Å²) in [7, 11) is 0. The lowest BCUT2D eigenvalue weighted by molar-refractivity contribution is -0.141. The number of carboxylic acids is 1. The van der Waals surface area contributed by atoms with Crippen LogP contribution in [-0.2, 0) is 4.79 Å². The molecule has 0 saturated heterocycles. The molecule has 18 heavy (non-hydrogen) atoms. The van der Waals surface area contributed by atoms with Crippen LogP contribution in [0, 0.1) is 0 Å². The molecule has 7 nitrogen and oxygen atoms in total. The van der Waals surface area contributed by atoms with E-state index >= 15 is 0 Å².